The number of hydrogen-bond acceptors (Lipinski definition) is 1. The van der Waals surface area contributed by atoms with E-state index in [2.05, 4.69) is 6.92 Å². The minimum absolute atomic E-state index is 0.202. The first kappa shape index (κ1) is 11.4. The molecule has 0 aliphatic heterocycles. The van der Waals surface area contributed by atoms with Crippen molar-refractivity contribution in [3.8, 4) is 5.75 Å². The second kappa shape index (κ2) is 4.86. The fourth-order valence-electron chi connectivity index (χ4n) is 2.23. The van der Waals surface area contributed by atoms with Gasteiger partial charge in [-0.1, -0.05) is 13.0 Å². The van der Waals surface area contributed by atoms with Crippen LogP contribution in [0, 0.1) is 18.7 Å². The molecule has 0 unspecified atom stereocenters. The van der Waals surface area contributed by atoms with E-state index in [9.17, 15) is 4.39 Å². The Morgan fingerprint density at radius 3 is 2.50 bits per heavy atom. The van der Waals surface area contributed by atoms with Gasteiger partial charge >= 0.3 is 0 Å². The van der Waals surface area contributed by atoms with E-state index in [0.29, 0.717) is 5.75 Å². The Labute approximate surface area is 96.6 Å². The van der Waals surface area contributed by atoms with Gasteiger partial charge in [-0.05, 0) is 56.2 Å². The standard InChI is InChI=1S/C14H19FO/c1-10-3-6-12(7-4-10)16-14-8-5-11(2)9-13(14)15/h5,8-10,12H,3-4,6-7H2,1-2H3. The van der Waals surface area contributed by atoms with E-state index in [1.807, 2.05) is 13.0 Å². The van der Waals surface area contributed by atoms with Crippen LogP contribution in [0.3, 0.4) is 0 Å². The molecular formula is C14H19FO. The topological polar surface area (TPSA) is 9.23 Å². The van der Waals surface area contributed by atoms with E-state index in [4.69, 9.17) is 4.74 Å². The van der Waals surface area contributed by atoms with Crippen molar-refractivity contribution in [3.05, 3.63) is 29.6 Å². The summed E-state index contributed by atoms with van der Waals surface area (Å²) in [4.78, 5) is 0. The Kier molecular flexibility index (Phi) is 3.47. The molecule has 0 atom stereocenters. The monoisotopic (exact) mass is 222 g/mol. The molecule has 2 heteroatoms. The highest BCUT2D eigenvalue weighted by Gasteiger charge is 2.20. The summed E-state index contributed by atoms with van der Waals surface area (Å²) in [5, 5.41) is 0. The summed E-state index contributed by atoms with van der Waals surface area (Å²) in [5.41, 5.74) is 0.933. The van der Waals surface area contributed by atoms with Crippen LogP contribution in [0.1, 0.15) is 38.2 Å². The minimum Gasteiger partial charge on any atom is -0.487 e. The quantitative estimate of drug-likeness (QED) is 0.732. The average Bonchev–Trinajstić information content (AvgIpc) is 2.25. The second-order valence-electron chi connectivity index (χ2n) is 4.93. The number of halogens is 1. The predicted octanol–water partition coefficient (Wildman–Crippen LogP) is 4.09. The summed E-state index contributed by atoms with van der Waals surface area (Å²) in [5.74, 6) is 0.964. The zero-order valence-corrected chi connectivity index (χ0v) is 10.0. The highest BCUT2D eigenvalue weighted by Crippen LogP contribution is 2.28. The molecule has 0 spiro atoms. The van der Waals surface area contributed by atoms with Gasteiger partial charge in [-0.25, -0.2) is 4.39 Å². The predicted molar refractivity (Wildman–Crippen MR) is 63.2 cm³/mol. The number of ether oxygens (including phenoxy) is 1. The second-order valence-corrected chi connectivity index (χ2v) is 4.93. The van der Waals surface area contributed by atoms with Gasteiger partial charge in [-0.2, -0.15) is 0 Å². The fourth-order valence-corrected chi connectivity index (χ4v) is 2.23. The van der Waals surface area contributed by atoms with Crippen LogP contribution in [0.5, 0.6) is 5.75 Å². The number of aryl methyl sites for hydroxylation is 1. The zero-order valence-electron chi connectivity index (χ0n) is 10.0. The van der Waals surface area contributed by atoms with Crippen LogP contribution >= 0.6 is 0 Å². The molecular weight excluding hydrogens is 203 g/mol. The lowest BCUT2D eigenvalue weighted by molar-refractivity contribution is 0.130. The van der Waals surface area contributed by atoms with Crippen molar-refractivity contribution in [2.24, 2.45) is 5.92 Å². The van der Waals surface area contributed by atoms with Gasteiger partial charge in [0.15, 0.2) is 11.6 Å². The van der Waals surface area contributed by atoms with Gasteiger partial charge in [0.25, 0.3) is 0 Å². The molecule has 1 nitrogen and oxygen atoms in total. The van der Waals surface area contributed by atoms with Crippen molar-refractivity contribution < 1.29 is 9.13 Å². The lowest BCUT2D eigenvalue weighted by atomic mass is 9.89. The minimum atomic E-state index is -0.237. The third-order valence-electron chi connectivity index (χ3n) is 3.34. The van der Waals surface area contributed by atoms with Crippen molar-refractivity contribution >= 4 is 0 Å². The van der Waals surface area contributed by atoms with E-state index < -0.39 is 0 Å². The van der Waals surface area contributed by atoms with E-state index in [1.165, 1.54) is 18.9 Å². The molecule has 1 aliphatic carbocycles. The SMILES string of the molecule is Cc1ccc(OC2CCC(C)CC2)c(F)c1. The molecule has 0 heterocycles. The summed E-state index contributed by atoms with van der Waals surface area (Å²) < 4.78 is 19.3. The van der Waals surface area contributed by atoms with Crippen LogP contribution in [0.15, 0.2) is 18.2 Å². The normalized spacial score (nSPS) is 25.4. The van der Waals surface area contributed by atoms with Crippen molar-refractivity contribution in [3.63, 3.8) is 0 Å². The molecule has 1 fully saturated rings. The molecule has 1 saturated carbocycles. The summed E-state index contributed by atoms with van der Waals surface area (Å²) >= 11 is 0. The van der Waals surface area contributed by atoms with Crippen molar-refractivity contribution in [1.82, 2.24) is 0 Å². The lowest BCUT2D eigenvalue weighted by Gasteiger charge is -2.27. The van der Waals surface area contributed by atoms with E-state index in [-0.39, 0.29) is 11.9 Å². The van der Waals surface area contributed by atoms with E-state index >= 15 is 0 Å². The number of benzene rings is 1. The highest BCUT2D eigenvalue weighted by molar-refractivity contribution is 5.28. The Bertz CT molecular complexity index is 354. The Morgan fingerprint density at radius 2 is 1.88 bits per heavy atom. The molecule has 0 N–H and O–H groups in total. The van der Waals surface area contributed by atoms with Crippen molar-refractivity contribution in [1.29, 1.82) is 0 Å². The smallest absolute Gasteiger partial charge is 0.165 e. The van der Waals surface area contributed by atoms with Crippen LogP contribution in [0.2, 0.25) is 0 Å². The first-order chi connectivity index (χ1) is 7.65. The van der Waals surface area contributed by atoms with Gasteiger partial charge in [-0.3, -0.25) is 0 Å². The third-order valence-corrected chi connectivity index (χ3v) is 3.34. The average molecular weight is 222 g/mol. The molecule has 1 aromatic carbocycles. The molecule has 88 valence electrons. The summed E-state index contributed by atoms with van der Waals surface area (Å²) in [6.45, 7) is 4.15. The first-order valence-electron chi connectivity index (χ1n) is 6.08. The van der Waals surface area contributed by atoms with Crippen LogP contribution in [0.4, 0.5) is 4.39 Å². The number of hydrogen-bond donors (Lipinski definition) is 0. The third kappa shape index (κ3) is 2.75. The maximum Gasteiger partial charge on any atom is 0.165 e. The summed E-state index contributed by atoms with van der Waals surface area (Å²) in [6, 6.07) is 5.16. The van der Waals surface area contributed by atoms with Crippen LogP contribution in [0.25, 0.3) is 0 Å². The van der Waals surface area contributed by atoms with Crippen LogP contribution in [-0.2, 0) is 0 Å². The maximum atomic E-state index is 13.6. The Hall–Kier alpha value is -1.05. The number of rotatable bonds is 2. The Morgan fingerprint density at radius 1 is 1.19 bits per heavy atom. The fraction of sp³-hybridized carbons (Fsp3) is 0.571. The van der Waals surface area contributed by atoms with Gasteiger partial charge < -0.3 is 4.74 Å². The van der Waals surface area contributed by atoms with Gasteiger partial charge in [0.05, 0.1) is 6.10 Å². The highest BCUT2D eigenvalue weighted by atomic mass is 19.1. The van der Waals surface area contributed by atoms with Crippen LogP contribution in [-0.4, -0.2) is 6.10 Å². The van der Waals surface area contributed by atoms with Crippen LogP contribution < -0.4 is 4.74 Å². The molecule has 0 saturated heterocycles. The van der Waals surface area contributed by atoms with Gasteiger partial charge in [0, 0.05) is 0 Å². The molecule has 0 aromatic heterocycles. The molecule has 0 amide bonds. The van der Waals surface area contributed by atoms with Gasteiger partial charge in [-0.15, -0.1) is 0 Å². The summed E-state index contributed by atoms with van der Waals surface area (Å²) in [6.07, 6.45) is 4.69. The van der Waals surface area contributed by atoms with E-state index in [0.717, 1.165) is 24.3 Å². The maximum absolute atomic E-state index is 13.6. The zero-order chi connectivity index (χ0) is 11.5. The Balaban J connectivity index is 1.98. The molecule has 0 radical (unpaired) electrons. The lowest BCUT2D eigenvalue weighted by Crippen LogP contribution is -2.23. The molecule has 1 aromatic rings. The van der Waals surface area contributed by atoms with Gasteiger partial charge in [0.2, 0.25) is 0 Å². The largest absolute Gasteiger partial charge is 0.487 e. The summed E-state index contributed by atoms with van der Waals surface area (Å²) in [7, 11) is 0. The van der Waals surface area contributed by atoms with Crippen molar-refractivity contribution in [2.75, 3.05) is 0 Å². The first-order valence-corrected chi connectivity index (χ1v) is 6.08. The molecule has 2 rings (SSSR count). The molecule has 16 heavy (non-hydrogen) atoms. The molecule has 0 bridgehead atoms. The molecule has 1 aliphatic rings. The van der Waals surface area contributed by atoms with Gasteiger partial charge in [0.1, 0.15) is 0 Å². The van der Waals surface area contributed by atoms with Crippen molar-refractivity contribution in [2.45, 2.75) is 45.6 Å². The van der Waals surface area contributed by atoms with E-state index in [1.54, 1.807) is 6.07 Å².